The standard InChI is InChI=1S/C21H25N5O2/c1-12(2)21-24-11-25-26(21)15-7-16(18-6-5-13(3)9-23-18)19(14(4)10-27)17(8-15)20(22)28/h5-9,11-12,14,27H,10H2,1-4H3,(H2,22,28)/t14-/m1/s1. The van der Waals surface area contributed by atoms with Crippen molar-refractivity contribution in [2.75, 3.05) is 6.61 Å². The minimum absolute atomic E-state index is 0.112. The van der Waals surface area contributed by atoms with E-state index in [-0.39, 0.29) is 18.4 Å². The van der Waals surface area contributed by atoms with E-state index in [1.165, 1.54) is 6.33 Å². The van der Waals surface area contributed by atoms with Crippen molar-refractivity contribution in [3.05, 3.63) is 59.3 Å². The lowest BCUT2D eigenvalue weighted by Crippen LogP contribution is -2.18. The first-order valence-electron chi connectivity index (χ1n) is 9.25. The summed E-state index contributed by atoms with van der Waals surface area (Å²) in [6.45, 7) is 7.76. The number of aliphatic hydroxyl groups excluding tert-OH is 1. The summed E-state index contributed by atoms with van der Waals surface area (Å²) in [7, 11) is 0. The highest BCUT2D eigenvalue weighted by atomic mass is 16.3. The van der Waals surface area contributed by atoms with Gasteiger partial charge in [-0.25, -0.2) is 9.67 Å². The second-order valence-corrected chi connectivity index (χ2v) is 7.31. The number of aryl methyl sites for hydroxylation is 1. The molecule has 0 aliphatic carbocycles. The van der Waals surface area contributed by atoms with Crippen LogP contribution in [0.2, 0.25) is 0 Å². The zero-order chi connectivity index (χ0) is 20.4. The molecule has 1 amide bonds. The Kier molecular flexibility index (Phi) is 5.56. The Morgan fingerprint density at radius 1 is 1.21 bits per heavy atom. The molecule has 0 aliphatic rings. The smallest absolute Gasteiger partial charge is 0.249 e. The van der Waals surface area contributed by atoms with E-state index in [9.17, 15) is 9.90 Å². The molecule has 7 heteroatoms. The van der Waals surface area contributed by atoms with Crippen LogP contribution in [0, 0.1) is 6.92 Å². The van der Waals surface area contributed by atoms with Crippen LogP contribution in [-0.4, -0.2) is 37.4 Å². The molecule has 0 saturated carbocycles. The topological polar surface area (TPSA) is 107 Å². The monoisotopic (exact) mass is 379 g/mol. The molecular weight excluding hydrogens is 354 g/mol. The molecular formula is C21H25N5O2. The predicted molar refractivity (Wildman–Crippen MR) is 107 cm³/mol. The number of hydrogen-bond donors (Lipinski definition) is 2. The van der Waals surface area contributed by atoms with Crippen molar-refractivity contribution >= 4 is 5.91 Å². The highest BCUT2D eigenvalue weighted by molar-refractivity contribution is 5.97. The van der Waals surface area contributed by atoms with Gasteiger partial charge in [0.1, 0.15) is 12.2 Å². The van der Waals surface area contributed by atoms with Crippen molar-refractivity contribution in [2.45, 2.75) is 39.5 Å². The first-order chi connectivity index (χ1) is 13.3. The average Bonchev–Trinajstić information content (AvgIpc) is 3.17. The van der Waals surface area contributed by atoms with Crippen LogP contribution in [0.15, 0.2) is 36.8 Å². The summed E-state index contributed by atoms with van der Waals surface area (Å²) < 4.78 is 1.71. The zero-order valence-electron chi connectivity index (χ0n) is 16.5. The van der Waals surface area contributed by atoms with Crippen molar-refractivity contribution < 1.29 is 9.90 Å². The van der Waals surface area contributed by atoms with Crippen LogP contribution in [0.4, 0.5) is 0 Å². The molecule has 7 nitrogen and oxygen atoms in total. The summed E-state index contributed by atoms with van der Waals surface area (Å²) in [5.41, 5.74) is 9.91. The number of benzene rings is 1. The highest BCUT2D eigenvalue weighted by Crippen LogP contribution is 2.34. The summed E-state index contributed by atoms with van der Waals surface area (Å²) >= 11 is 0. The molecule has 28 heavy (non-hydrogen) atoms. The van der Waals surface area contributed by atoms with Crippen LogP contribution in [0.25, 0.3) is 16.9 Å². The average molecular weight is 379 g/mol. The van der Waals surface area contributed by atoms with E-state index in [1.807, 2.05) is 45.9 Å². The maximum Gasteiger partial charge on any atom is 0.249 e. The fraction of sp³-hybridized carbons (Fsp3) is 0.333. The molecule has 2 heterocycles. The van der Waals surface area contributed by atoms with Crippen LogP contribution in [0.3, 0.4) is 0 Å². The maximum atomic E-state index is 12.3. The summed E-state index contributed by atoms with van der Waals surface area (Å²) in [6, 6.07) is 7.49. The van der Waals surface area contributed by atoms with E-state index in [4.69, 9.17) is 5.73 Å². The van der Waals surface area contributed by atoms with Crippen LogP contribution in [0.1, 0.15) is 59.9 Å². The number of carbonyl (C=O) groups excluding carboxylic acids is 1. The van der Waals surface area contributed by atoms with Gasteiger partial charge >= 0.3 is 0 Å². The lowest BCUT2D eigenvalue weighted by molar-refractivity contribution is 0.0998. The summed E-state index contributed by atoms with van der Waals surface area (Å²) in [5, 5.41) is 14.1. The number of nitrogens with two attached hydrogens (primary N) is 1. The summed E-state index contributed by atoms with van der Waals surface area (Å²) in [4.78, 5) is 21.2. The van der Waals surface area contributed by atoms with E-state index in [0.29, 0.717) is 22.5 Å². The van der Waals surface area contributed by atoms with Gasteiger partial charge in [-0.1, -0.05) is 26.8 Å². The molecule has 0 bridgehead atoms. The molecule has 2 aromatic heterocycles. The lowest BCUT2D eigenvalue weighted by atomic mass is 9.88. The first kappa shape index (κ1) is 19.7. The van der Waals surface area contributed by atoms with Crippen molar-refractivity contribution in [3.63, 3.8) is 0 Å². The molecule has 0 unspecified atom stereocenters. The molecule has 0 aliphatic heterocycles. The van der Waals surface area contributed by atoms with Crippen LogP contribution < -0.4 is 5.73 Å². The number of carbonyl (C=O) groups is 1. The van der Waals surface area contributed by atoms with E-state index < -0.39 is 5.91 Å². The summed E-state index contributed by atoms with van der Waals surface area (Å²) in [5.74, 6) is 0.0874. The van der Waals surface area contributed by atoms with Gasteiger partial charge in [-0.2, -0.15) is 5.10 Å². The van der Waals surface area contributed by atoms with Crippen molar-refractivity contribution in [1.82, 2.24) is 19.7 Å². The fourth-order valence-electron chi connectivity index (χ4n) is 3.27. The third-order valence-electron chi connectivity index (χ3n) is 4.72. The Bertz CT molecular complexity index is 993. The van der Waals surface area contributed by atoms with Crippen LogP contribution in [-0.2, 0) is 0 Å². The number of nitrogens with zero attached hydrogens (tertiary/aromatic N) is 4. The molecule has 1 aromatic carbocycles. The summed E-state index contributed by atoms with van der Waals surface area (Å²) in [6.07, 6.45) is 3.27. The molecule has 1 atom stereocenters. The second-order valence-electron chi connectivity index (χ2n) is 7.31. The maximum absolute atomic E-state index is 12.3. The quantitative estimate of drug-likeness (QED) is 0.685. The molecule has 3 aromatic rings. The largest absolute Gasteiger partial charge is 0.396 e. The third kappa shape index (κ3) is 3.66. The van der Waals surface area contributed by atoms with E-state index in [0.717, 1.165) is 17.0 Å². The van der Waals surface area contributed by atoms with E-state index in [2.05, 4.69) is 15.1 Å². The SMILES string of the molecule is Cc1ccc(-c2cc(-n3ncnc3C(C)C)cc(C(N)=O)c2[C@H](C)CO)nc1. The molecule has 0 fully saturated rings. The Morgan fingerprint density at radius 2 is 1.96 bits per heavy atom. The van der Waals surface area contributed by atoms with Crippen LogP contribution in [0.5, 0.6) is 0 Å². The van der Waals surface area contributed by atoms with Gasteiger partial charge in [-0.05, 0) is 36.2 Å². The number of hydrogen-bond acceptors (Lipinski definition) is 5. The van der Waals surface area contributed by atoms with Crippen molar-refractivity contribution in [1.29, 1.82) is 0 Å². The number of pyridine rings is 1. The van der Waals surface area contributed by atoms with Gasteiger partial charge < -0.3 is 10.8 Å². The number of aromatic nitrogens is 4. The number of primary amides is 1. The highest BCUT2D eigenvalue weighted by Gasteiger charge is 2.23. The van der Waals surface area contributed by atoms with Gasteiger partial charge in [0.15, 0.2) is 0 Å². The van der Waals surface area contributed by atoms with Crippen LogP contribution >= 0.6 is 0 Å². The molecule has 0 saturated heterocycles. The van der Waals surface area contributed by atoms with Gasteiger partial charge in [0.25, 0.3) is 0 Å². The van der Waals surface area contributed by atoms with E-state index in [1.54, 1.807) is 16.9 Å². The van der Waals surface area contributed by atoms with Gasteiger partial charge in [0, 0.05) is 35.8 Å². The second kappa shape index (κ2) is 7.90. The Hall–Kier alpha value is -3.06. The number of aliphatic hydroxyl groups is 1. The predicted octanol–water partition coefficient (Wildman–Crippen LogP) is 2.96. The minimum Gasteiger partial charge on any atom is -0.396 e. The fourth-order valence-corrected chi connectivity index (χ4v) is 3.27. The minimum atomic E-state index is -0.559. The Balaban J connectivity index is 2.33. The van der Waals surface area contributed by atoms with Gasteiger partial charge in [0.2, 0.25) is 5.91 Å². The molecule has 0 radical (unpaired) electrons. The molecule has 146 valence electrons. The Labute approximate surface area is 164 Å². The van der Waals surface area contributed by atoms with Crippen molar-refractivity contribution in [2.24, 2.45) is 5.73 Å². The van der Waals surface area contributed by atoms with Gasteiger partial charge in [-0.3, -0.25) is 9.78 Å². The Morgan fingerprint density at radius 3 is 2.54 bits per heavy atom. The number of rotatable bonds is 6. The zero-order valence-corrected chi connectivity index (χ0v) is 16.5. The molecule has 3 N–H and O–H groups in total. The first-order valence-corrected chi connectivity index (χ1v) is 9.25. The number of amides is 1. The molecule has 0 spiro atoms. The lowest BCUT2D eigenvalue weighted by Gasteiger charge is -2.20. The van der Waals surface area contributed by atoms with Gasteiger partial charge in [0.05, 0.1) is 11.4 Å². The molecule has 3 rings (SSSR count). The normalized spacial score (nSPS) is 12.4. The van der Waals surface area contributed by atoms with Gasteiger partial charge in [-0.15, -0.1) is 0 Å². The van der Waals surface area contributed by atoms with Crippen molar-refractivity contribution in [3.8, 4) is 16.9 Å². The third-order valence-corrected chi connectivity index (χ3v) is 4.72. The van der Waals surface area contributed by atoms with E-state index >= 15 is 0 Å².